The summed E-state index contributed by atoms with van der Waals surface area (Å²) in [5.41, 5.74) is 1.47. The zero-order valence-corrected chi connectivity index (χ0v) is 14.3. The molecule has 3 rings (SSSR count). The van der Waals surface area contributed by atoms with Gasteiger partial charge in [0.25, 0.3) is 5.69 Å². The molecule has 2 N–H and O–H groups in total. The molecule has 1 aliphatic rings. The molecule has 8 nitrogen and oxygen atoms in total. The number of carbonyl (C=O) groups excluding carboxylic acids is 1. The first-order chi connectivity index (χ1) is 12.0. The van der Waals surface area contributed by atoms with Gasteiger partial charge in [-0.25, -0.2) is 9.78 Å². The van der Waals surface area contributed by atoms with Gasteiger partial charge in [0.05, 0.1) is 16.0 Å². The Morgan fingerprint density at radius 2 is 2.12 bits per heavy atom. The molecule has 25 heavy (non-hydrogen) atoms. The van der Waals surface area contributed by atoms with E-state index in [9.17, 15) is 14.9 Å². The van der Waals surface area contributed by atoms with Gasteiger partial charge in [-0.2, -0.15) is 0 Å². The van der Waals surface area contributed by atoms with E-state index in [0.29, 0.717) is 18.5 Å². The van der Waals surface area contributed by atoms with Gasteiger partial charge in [0.1, 0.15) is 5.82 Å². The Bertz CT molecular complexity index is 780. The Hall–Kier alpha value is -2.64. The van der Waals surface area contributed by atoms with E-state index >= 15 is 0 Å². The number of urea groups is 1. The lowest BCUT2D eigenvalue weighted by Gasteiger charge is -2.22. The second-order valence-electron chi connectivity index (χ2n) is 6.50. The first-order valence-electron chi connectivity index (χ1n) is 8.68. The minimum atomic E-state index is -0.426. The van der Waals surface area contributed by atoms with Crippen LogP contribution < -0.4 is 10.6 Å². The second kappa shape index (κ2) is 7.50. The van der Waals surface area contributed by atoms with Crippen molar-refractivity contribution in [3.8, 4) is 0 Å². The monoisotopic (exact) mass is 345 g/mol. The molecule has 0 spiro atoms. The highest BCUT2D eigenvalue weighted by atomic mass is 16.6. The fourth-order valence-electron chi connectivity index (χ4n) is 3.35. The molecule has 0 atom stereocenters. The van der Waals surface area contributed by atoms with Crippen molar-refractivity contribution in [3.63, 3.8) is 0 Å². The Balaban J connectivity index is 1.56. The number of aryl methyl sites for hydroxylation is 1. The Kier molecular flexibility index (Phi) is 5.16. The molecule has 0 radical (unpaired) electrons. The highest BCUT2D eigenvalue weighted by Crippen LogP contribution is 2.21. The molecule has 2 aromatic rings. The topological polar surface area (TPSA) is 102 Å². The zero-order valence-electron chi connectivity index (χ0n) is 14.3. The molecule has 1 aromatic carbocycles. The smallest absolute Gasteiger partial charge is 0.315 e. The number of imidazole rings is 1. The van der Waals surface area contributed by atoms with E-state index in [1.807, 2.05) is 11.6 Å². The van der Waals surface area contributed by atoms with E-state index in [0.717, 1.165) is 24.2 Å². The highest BCUT2D eigenvalue weighted by Gasteiger charge is 2.16. The maximum Gasteiger partial charge on any atom is 0.315 e. The Morgan fingerprint density at radius 3 is 2.84 bits per heavy atom. The van der Waals surface area contributed by atoms with E-state index in [4.69, 9.17) is 0 Å². The van der Waals surface area contributed by atoms with Crippen LogP contribution in [0.5, 0.6) is 0 Å². The molecular weight excluding hydrogens is 322 g/mol. The summed E-state index contributed by atoms with van der Waals surface area (Å²) >= 11 is 0. The molecule has 1 aliphatic carbocycles. The number of rotatable bonds is 5. The van der Waals surface area contributed by atoms with Crippen LogP contribution in [0, 0.1) is 10.1 Å². The van der Waals surface area contributed by atoms with Crippen molar-refractivity contribution >= 4 is 22.8 Å². The minimum absolute atomic E-state index is 0.0298. The number of carbonyl (C=O) groups is 1. The van der Waals surface area contributed by atoms with Crippen LogP contribution in [0.25, 0.3) is 11.0 Å². The standard InChI is InChI=1S/C17H23N5O3/c1-21-15-8-7-13(22(24)25)11-14(15)20-16(21)9-10-18-17(23)19-12-5-3-2-4-6-12/h7-8,11-12H,2-6,9-10H2,1H3,(H2,18,19,23). The molecule has 134 valence electrons. The van der Waals surface area contributed by atoms with Crippen LogP contribution in [-0.4, -0.2) is 33.1 Å². The maximum absolute atomic E-state index is 12.0. The van der Waals surface area contributed by atoms with Crippen molar-refractivity contribution in [2.24, 2.45) is 7.05 Å². The van der Waals surface area contributed by atoms with Crippen LogP contribution in [0.2, 0.25) is 0 Å². The van der Waals surface area contributed by atoms with Crippen molar-refractivity contribution in [3.05, 3.63) is 34.1 Å². The quantitative estimate of drug-likeness (QED) is 0.642. The molecule has 0 unspecified atom stereocenters. The number of nitro groups is 1. The van der Waals surface area contributed by atoms with Gasteiger partial charge in [-0.15, -0.1) is 0 Å². The minimum Gasteiger partial charge on any atom is -0.338 e. The van der Waals surface area contributed by atoms with Gasteiger partial charge in [0, 0.05) is 38.2 Å². The van der Waals surface area contributed by atoms with Gasteiger partial charge >= 0.3 is 6.03 Å². The normalized spacial score (nSPS) is 15.2. The van der Waals surface area contributed by atoms with E-state index in [1.54, 1.807) is 6.07 Å². The molecule has 2 amide bonds. The van der Waals surface area contributed by atoms with Gasteiger partial charge in [-0.05, 0) is 18.9 Å². The van der Waals surface area contributed by atoms with E-state index in [2.05, 4.69) is 15.6 Å². The molecule has 0 saturated heterocycles. The number of aromatic nitrogens is 2. The van der Waals surface area contributed by atoms with Crippen LogP contribution >= 0.6 is 0 Å². The summed E-state index contributed by atoms with van der Waals surface area (Å²) in [6.45, 7) is 0.470. The number of non-ortho nitro benzene ring substituents is 1. The fraction of sp³-hybridized carbons (Fsp3) is 0.529. The Labute approximate surface area is 145 Å². The molecular formula is C17H23N5O3. The third-order valence-corrected chi connectivity index (χ3v) is 4.74. The van der Waals surface area contributed by atoms with Crippen LogP contribution in [-0.2, 0) is 13.5 Å². The predicted molar refractivity (Wildman–Crippen MR) is 94.5 cm³/mol. The number of amides is 2. The lowest BCUT2D eigenvalue weighted by atomic mass is 9.96. The van der Waals surface area contributed by atoms with Crippen molar-refractivity contribution in [1.82, 2.24) is 20.2 Å². The molecule has 8 heteroatoms. The number of hydrogen-bond donors (Lipinski definition) is 2. The molecule has 1 fully saturated rings. The van der Waals surface area contributed by atoms with Gasteiger partial charge < -0.3 is 15.2 Å². The number of nitro benzene ring substituents is 1. The summed E-state index contributed by atoms with van der Waals surface area (Å²) in [5, 5.41) is 16.7. The third kappa shape index (κ3) is 4.07. The average molecular weight is 345 g/mol. The summed E-state index contributed by atoms with van der Waals surface area (Å²) in [5.74, 6) is 0.786. The zero-order chi connectivity index (χ0) is 17.8. The number of hydrogen-bond acceptors (Lipinski definition) is 4. The fourth-order valence-corrected chi connectivity index (χ4v) is 3.35. The molecule has 0 bridgehead atoms. The molecule has 0 aliphatic heterocycles. The largest absolute Gasteiger partial charge is 0.338 e. The summed E-state index contributed by atoms with van der Waals surface area (Å²) < 4.78 is 1.90. The van der Waals surface area contributed by atoms with Gasteiger partial charge in [-0.3, -0.25) is 10.1 Å². The third-order valence-electron chi connectivity index (χ3n) is 4.74. The first-order valence-corrected chi connectivity index (χ1v) is 8.68. The number of nitrogens with zero attached hydrogens (tertiary/aromatic N) is 3. The highest BCUT2D eigenvalue weighted by molar-refractivity contribution is 5.78. The summed E-state index contributed by atoms with van der Waals surface area (Å²) in [7, 11) is 1.87. The lowest BCUT2D eigenvalue weighted by Crippen LogP contribution is -2.43. The van der Waals surface area contributed by atoms with Crippen molar-refractivity contribution in [2.45, 2.75) is 44.6 Å². The molecule has 1 aromatic heterocycles. The van der Waals surface area contributed by atoms with Gasteiger partial charge in [-0.1, -0.05) is 19.3 Å². The van der Waals surface area contributed by atoms with E-state index in [1.165, 1.54) is 31.4 Å². The molecule has 1 heterocycles. The molecule has 1 saturated carbocycles. The van der Waals surface area contributed by atoms with Crippen LogP contribution in [0.15, 0.2) is 18.2 Å². The second-order valence-corrected chi connectivity index (χ2v) is 6.50. The first kappa shape index (κ1) is 17.2. The van der Waals surface area contributed by atoms with Gasteiger partial charge in [0.15, 0.2) is 0 Å². The van der Waals surface area contributed by atoms with Gasteiger partial charge in [0.2, 0.25) is 0 Å². The summed E-state index contributed by atoms with van der Waals surface area (Å²) in [4.78, 5) is 26.8. The lowest BCUT2D eigenvalue weighted by molar-refractivity contribution is -0.384. The predicted octanol–water partition coefficient (Wildman–Crippen LogP) is 2.66. The van der Waals surface area contributed by atoms with Crippen molar-refractivity contribution in [2.75, 3.05) is 6.54 Å². The summed E-state index contributed by atoms with van der Waals surface area (Å²) in [6.07, 6.45) is 6.28. The Morgan fingerprint density at radius 1 is 1.36 bits per heavy atom. The number of benzene rings is 1. The van der Waals surface area contributed by atoms with E-state index < -0.39 is 4.92 Å². The van der Waals surface area contributed by atoms with Crippen molar-refractivity contribution < 1.29 is 9.72 Å². The average Bonchev–Trinajstić information content (AvgIpc) is 2.91. The van der Waals surface area contributed by atoms with E-state index in [-0.39, 0.29) is 17.8 Å². The summed E-state index contributed by atoms with van der Waals surface area (Å²) in [6, 6.07) is 4.80. The number of nitrogens with one attached hydrogen (secondary N) is 2. The van der Waals surface area contributed by atoms with Crippen LogP contribution in [0.3, 0.4) is 0 Å². The van der Waals surface area contributed by atoms with Crippen LogP contribution in [0.4, 0.5) is 10.5 Å². The maximum atomic E-state index is 12.0. The van der Waals surface area contributed by atoms with Crippen molar-refractivity contribution in [1.29, 1.82) is 0 Å². The number of fused-ring (bicyclic) bond motifs is 1. The SMILES string of the molecule is Cn1c(CCNC(=O)NC2CCCCC2)nc2cc([N+](=O)[O-])ccc21. The van der Waals surface area contributed by atoms with Crippen LogP contribution in [0.1, 0.15) is 37.9 Å².